The van der Waals surface area contributed by atoms with Crippen molar-refractivity contribution >= 4 is 45.6 Å². The van der Waals surface area contributed by atoms with Crippen molar-refractivity contribution in [3.63, 3.8) is 0 Å². The van der Waals surface area contributed by atoms with Gasteiger partial charge in [-0.2, -0.15) is 0 Å². The molecule has 0 saturated heterocycles. The Morgan fingerprint density at radius 3 is 1.24 bits per heavy atom. The van der Waals surface area contributed by atoms with Crippen LogP contribution < -0.4 is 0 Å². The molecule has 0 spiro atoms. The molecular weight excluding hydrogens is 456 g/mol. The molecule has 0 radical (unpaired) electrons. The van der Waals surface area contributed by atoms with Crippen LogP contribution in [0.5, 0.6) is 0 Å². The quantitative estimate of drug-likeness (QED) is 0.154. The summed E-state index contributed by atoms with van der Waals surface area (Å²) in [5.41, 5.74) is 9.38. The second kappa shape index (κ2) is 11.0. The molecular formula is C25H26N2O4S2. The Bertz CT molecular complexity index is 1430. The minimum Gasteiger partial charge on any atom is -0.359 e. The van der Waals surface area contributed by atoms with Crippen LogP contribution in [0.25, 0.3) is 27.1 Å². The Morgan fingerprint density at radius 2 is 0.909 bits per heavy atom. The fourth-order valence-electron chi connectivity index (χ4n) is 3.12. The highest BCUT2D eigenvalue weighted by molar-refractivity contribution is 8.31. The first-order chi connectivity index (χ1) is 15.8. The van der Waals surface area contributed by atoms with Gasteiger partial charge in [-0.1, -0.05) is 88.4 Å². The predicted molar refractivity (Wildman–Crippen MR) is 134 cm³/mol. The van der Waals surface area contributed by atoms with Crippen LogP contribution in [-0.2, 0) is 19.7 Å². The second-order valence-corrected chi connectivity index (χ2v) is 10.4. The smallest absolute Gasteiger partial charge is 0.359 e. The van der Waals surface area contributed by atoms with Crippen molar-refractivity contribution in [1.29, 1.82) is 0 Å². The fraction of sp³-hybridized carbons (Fsp3) is 0.160. The van der Waals surface area contributed by atoms with Crippen LogP contribution in [0.15, 0.2) is 94.7 Å². The molecule has 33 heavy (non-hydrogen) atoms. The average Bonchev–Trinajstić information content (AvgIpc) is 2.86. The summed E-state index contributed by atoms with van der Waals surface area (Å²) in [5, 5.41) is 2.83. The molecule has 0 aromatic heterocycles. The van der Waals surface area contributed by atoms with Crippen molar-refractivity contribution in [3.05, 3.63) is 90.5 Å². The van der Waals surface area contributed by atoms with Crippen LogP contribution in [-0.4, -0.2) is 26.0 Å². The molecule has 0 aliphatic carbocycles. The highest BCUT2D eigenvalue weighted by atomic mass is 32.3. The van der Waals surface area contributed by atoms with Crippen LogP contribution in [0.4, 0.5) is 0 Å². The minimum atomic E-state index is -4.59. The first-order valence-electron chi connectivity index (χ1n) is 10.5. The third-order valence-corrected chi connectivity index (χ3v) is 8.75. The van der Waals surface area contributed by atoms with Crippen LogP contribution in [0.3, 0.4) is 0 Å². The van der Waals surface area contributed by atoms with E-state index in [4.69, 9.17) is 0 Å². The van der Waals surface area contributed by atoms with Gasteiger partial charge in [0.1, 0.15) is 0 Å². The maximum atomic E-state index is 13.0. The molecule has 0 N–H and O–H groups in total. The number of hydrogen-bond donors (Lipinski definition) is 0. The molecule has 4 rings (SSSR count). The summed E-state index contributed by atoms with van der Waals surface area (Å²) >= 11 is 0. The number of nitrogens with zero attached hydrogens (tertiary/aromatic N) is 2. The Labute approximate surface area is 195 Å². The predicted octanol–water partition coefficient (Wildman–Crippen LogP) is 5.88. The first kappa shape index (κ1) is 25.9. The van der Waals surface area contributed by atoms with Crippen LogP contribution in [0.2, 0.25) is 0 Å². The number of hydrogen-bond acceptors (Lipinski definition) is 4. The van der Waals surface area contributed by atoms with Crippen LogP contribution in [0, 0.1) is 0 Å². The van der Waals surface area contributed by atoms with E-state index in [9.17, 15) is 22.4 Å². The van der Waals surface area contributed by atoms with Gasteiger partial charge in [-0.05, 0) is 45.8 Å². The van der Waals surface area contributed by atoms with E-state index in [-0.39, 0.29) is 9.79 Å². The summed E-state index contributed by atoms with van der Waals surface area (Å²) in [4.78, 5) is 2.14. The molecule has 0 amide bonds. The molecule has 0 atom stereocenters. The number of benzene rings is 4. The average molecular weight is 483 g/mol. The molecule has 4 aromatic rings. The van der Waals surface area contributed by atoms with Crippen molar-refractivity contribution in [1.82, 2.24) is 0 Å². The Morgan fingerprint density at radius 1 is 0.576 bits per heavy atom. The highest BCUT2D eigenvalue weighted by Crippen LogP contribution is 2.26. The summed E-state index contributed by atoms with van der Waals surface area (Å²) in [6.45, 7) is 8.00. The lowest BCUT2D eigenvalue weighted by molar-refractivity contribution is 0.00380. The fourth-order valence-corrected chi connectivity index (χ4v) is 6.53. The molecule has 172 valence electrons. The summed E-state index contributed by atoms with van der Waals surface area (Å²) in [7, 11) is -9.18. The Hall–Kier alpha value is -3.32. The molecule has 0 unspecified atom stereocenters. The van der Waals surface area contributed by atoms with Gasteiger partial charge in [-0.15, -0.1) is 4.79 Å². The lowest BCUT2D eigenvalue weighted by atomic mass is 10.1. The second-order valence-electron chi connectivity index (χ2n) is 6.39. The summed E-state index contributed by atoms with van der Waals surface area (Å²) in [5.74, 6) is 0. The summed E-state index contributed by atoms with van der Waals surface area (Å²) in [6, 6.07) is 22.6. The first-order valence-corrected chi connectivity index (χ1v) is 13.5. The molecule has 8 heteroatoms. The largest absolute Gasteiger partial charge is 0.504 e. The SMILES string of the molecule is CC.CC.[N-]=[N+]=C(S(=O)(=O)c1ccc2ccccc2c1)S(=O)(=O)c1ccc2ccccc2c1. The van der Waals surface area contributed by atoms with Gasteiger partial charge in [-0.3, -0.25) is 0 Å². The Kier molecular flexibility index (Phi) is 8.65. The number of rotatable bonds is 2. The van der Waals surface area contributed by atoms with Gasteiger partial charge in [0.05, 0.1) is 9.79 Å². The molecule has 4 aromatic carbocycles. The zero-order valence-electron chi connectivity index (χ0n) is 18.9. The van der Waals surface area contributed by atoms with Gasteiger partial charge in [0.25, 0.3) is 19.7 Å². The topological polar surface area (TPSA) is 105 Å². The van der Waals surface area contributed by atoms with Crippen LogP contribution in [0.1, 0.15) is 27.7 Å². The summed E-state index contributed by atoms with van der Waals surface area (Å²) in [6.07, 6.45) is 0. The van der Waals surface area contributed by atoms with E-state index in [0.29, 0.717) is 10.8 Å². The van der Waals surface area contributed by atoms with Gasteiger partial charge in [0, 0.05) is 0 Å². The van der Waals surface area contributed by atoms with Gasteiger partial charge >= 0.3 is 4.38 Å². The monoisotopic (exact) mass is 482 g/mol. The minimum absolute atomic E-state index is 0.270. The van der Waals surface area contributed by atoms with E-state index in [2.05, 4.69) is 4.79 Å². The van der Waals surface area contributed by atoms with Crippen molar-refractivity contribution in [3.8, 4) is 0 Å². The Balaban J connectivity index is 0.000000914. The zero-order chi connectivity index (χ0) is 24.6. The van der Waals surface area contributed by atoms with Crippen molar-refractivity contribution in [2.45, 2.75) is 37.5 Å². The molecule has 0 aliphatic rings. The molecule has 0 saturated carbocycles. The lowest BCUT2D eigenvalue weighted by Crippen LogP contribution is -2.26. The standard InChI is InChI=1S/C21H14N2O4S2.2C2H6/c22-23-21(28(24,25)19-11-9-15-5-1-3-7-17(15)13-19)29(26,27)20-12-10-16-6-2-4-8-18(16)14-20;2*1-2/h1-14H;2*1-2H3. The molecule has 0 heterocycles. The molecule has 0 aliphatic heterocycles. The van der Waals surface area contributed by atoms with Gasteiger partial charge < -0.3 is 5.53 Å². The molecule has 6 nitrogen and oxygen atoms in total. The van der Waals surface area contributed by atoms with E-state index in [1.54, 1.807) is 60.7 Å². The third-order valence-electron chi connectivity index (χ3n) is 4.60. The van der Waals surface area contributed by atoms with Crippen LogP contribution >= 0.6 is 0 Å². The van der Waals surface area contributed by atoms with Gasteiger partial charge in [-0.25, -0.2) is 16.8 Å². The molecule has 0 bridgehead atoms. The third kappa shape index (κ3) is 5.20. The van der Waals surface area contributed by atoms with E-state index in [1.165, 1.54) is 24.3 Å². The zero-order valence-corrected chi connectivity index (χ0v) is 20.6. The van der Waals surface area contributed by atoms with Crippen molar-refractivity contribution < 1.29 is 21.6 Å². The van der Waals surface area contributed by atoms with E-state index in [0.717, 1.165) is 10.8 Å². The van der Waals surface area contributed by atoms with Gasteiger partial charge in [0.2, 0.25) is 0 Å². The van der Waals surface area contributed by atoms with E-state index < -0.39 is 24.1 Å². The van der Waals surface area contributed by atoms with E-state index >= 15 is 0 Å². The maximum absolute atomic E-state index is 13.0. The highest BCUT2D eigenvalue weighted by Gasteiger charge is 2.44. The number of fused-ring (bicyclic) bond motifs is 2. The van der Waals surface area contributed by atoms with Crippen molar-refractivity contribution in [2.24, 2.45) is 0 Å². The number of sulfone groups is 2. The maximum Gasteiger partial charge on any atom is 0.504 e. The summed E-state index contributed by atoms with van der Waals surface area (Å²) < 4.78 is 50.8. The van der Waals surface area contributed by atoms with E-state index in [1.807, 2.05) is 27.7 Å². The molecule has 0 fully saturated rings. The lowest BCUT2D eigenvalue weighted by Gasteiger charge is -2.05. The van der Waals surface area contributed by atoms with Gasteiger partial charge in [0.15, 0.2) is 0 Å². The van der Waals surface area contributed by atoms with Crippen molar-refractivity contribution in [2.75, 3.05) is 0 Å². The normalized spacial score (nSPS) is 10.9.